The molecule has 1 amide bonds. The number of nitro groups is 1. The number of carbonyl (C=O) groups is 1. The number of imidazole rings is 1. The smallest absolute Gasteiger partial charge is 0.273 e. The SMILES string of the molecule is O=C(Cc1ccccc1[N+](=O)[O-])NCc1ccc(Cn2ccnc2)cc1. The van der Waals surface area contributed by atoms with Crippen LogP contribution in [-0.4, -0.2) is 20.4 Å². The molecule has 0 atom stereocenters. The molecule has 0 radical (unpaired) electrons. The minimum Gasteiger partial charge on any atom is -0.352 e. The fourth-order valence-electron chi connectivity index (χ4n) is 2.63. The van der Waals surface area contributed by atoms with Crippen molar-refractivity contribution in [3.05, 3.63) is 94.1 Å². The van der Waals surface area contributed by atoms with Gasteiger partial charge in [-0.05, 0) is 11.1 Å². The fraction of sp³-hybridized carbons (Fsp3) is 0.158. The van der Waals surface area contributed by atoms with Crippen LogP contribution < -0.4 is 5.32 Å². The molecule has 1 aromatic heterocycles. The molecule has 0 bridgehead atoms. The van der Waals surface area contributed by atoms with Gasteiger partial charge in [-0.2, -0.15) is 0 Å². The Morgan fingerprint density at radius 3 is 2.54 bits per heavy atom. The quantitative estimate of drug-likeness (QED) is 0.524. The zero-order chi connectivity index (χ0) is 18.4. The third-order valence-corrected chi connectivity index (χ3v) is 3.98. The second-order valence-corrected chi connectivity index (χ2v) is 5.89. The van der Waals surface area contributed by atoms with E-state index in [1.807, 2.05) is 35.0 Å². The molecule has 7 heteroatoms. The van der Waals surface area contributed by atoms with Crippen LogP contribution in [0.3, 0.4) is 0 Å². The largest absolute Gasteiger partial charge is 0.352 e. The number of carbonyl (C=O) groups excluding carboxylic acids is 1. The van der Waals surface area contributed by atoms with Gasteiger partial charge >= 0.3 is 0 Å². The minimum absolute atomic E-state index is 0.0180. The monoisotopic (exact) mass is 350 g/mol. The van der Waals surface area contributed by atoms with Crippen molar-refractivity contribution in [3.8, 4) is 0 Å². The first-order chi connectivity index (χ1) is 12.6. The number of nitro benzene ring substituents is 1. The molecule has 0 saturated heterocycles. The summed E-state index contributed by atoms with van der Waals surface area (Å²) in [7, 11) is 0. The number of hydrogen-bond donors (Lipinski definition) is 1. The molecular formula is C19H18N4O3. The van der Waals surface area contributed by atoms with Gasteiger partial charge in [0.15, 0.2) is 0 Å². The van der Waals surface area contributed by atoms with Gasteiger partial charge in [0.1, 0.15) is 0 Å². The predicted octanol–water partition coefficient (Wildman–Crippen LogP) is 2.70. The number of amides is 1. The highest BCUT2D eigenvalue weighted by molar-refractivity contribution is 5.79. The summed E-state index contributed by atoms with van der Waals surface area (Å²) in [5.41, 5.74) is 2.48. The van der Waals surface area contributed by atoms with Crippen molar-refractivity contribution in [2.24, 2.45) is 0 Å². The van der Waals surface area contributed by atoms with Crippen molar-refractivity contribution in [1.82, 2.24) is 14.9 Å². The molecule has 0 unspecified atom stereocenters. The van der Waals surface area contributed by atoms with E-state index < -0.39 is 4.92 Å². The summed E-state index contributed by atoms with van der Waals surface area (Å²) in [4.78, 5) is 26.6. The van der Waals surface area contributed by atoms with Crippen LogP contribution in [0, 0.1) is 10.1 Å². The van der Waals surface area contributed by atoms with E-state index in [9.17, 15) is 14.9 Å². The van der Waals surface area contributed by atoms with Gasteiger partial charge in [0.2, 0.25) is 5.91 Å². The molecule has 0 aliphatic carbocycles. The number of aromatic nitrogens is 2. The third-order valence-electron chi connectivity index (χ3n) is 3.98. The number of nitrogens with zero attached hydrogens (tertiary/aromatic N) is 3. The molecule has 7 nitrogen and oxygen atoms in total. The van der Waals surface area contributed by atoms with Crippen molar-refractivity contribution in [3.63, 3.8) is 0 Å². The summed E-state index contributed by atoms with van der Waals surface area (Å²) in [6.07, 6.45) is 5.38. The van der Waals surface area contributed by atoms with Crippen molar-refractivity contribution in [2.75, 3.05) is 0 Å². The summed E-state index contributed by atoms with van der Waals surface area (Å²) in [6, 6.07) is 14.2. The molecule has 132 valence electrons. The molecule has 3 rings (SSSR count). The Hall–Kier alpha value is -3.48. The van der Waals surface area contributed by atoms with E-state index in [1.54, 1.807) is 30.7 Å². The Morgan fingerprint density at radius 2 is 1.85 bits per heavy atom. The molecule has 1 heterocycles. The Bertz CT molecular complexity index is 889. The Labute approximate surface area is 150 Å². The maximum absolute atomic E-state index is 12.1. The van der Waals surface area contributed by atoms with Crippen LogP contribution in [0.25, 0.3) is 0 Å². The molecular weight excluding hydrogens is 332 g/mol. The standard InChI is InChI=1S/C19H18N4O3/c24-19(11-17-3-1-2-4-18(17)23(25)26)21-12-15-5-7-16(8-6-15)13-22-10-9-20-14-22/h1-10,14H,11-13H2,(H,21,24). The lowest BCUT2D eigenvalue weighted by molar-refractivity contribution is -0.385. The number of nitrogens with one attached hydrogen (secondary N) is 1. The number of hydrogen-bond acceptors (Lipinski definition) is 4. The summed E-state index contributed by atoms with van der Waals surface area (Å²) < 4.78 is 1.98. The number of rotatable bonds is 7. The zero-order valence-electron chi connectivity index (χ0n) is 14.0. The summed E-state index contributed by atoms with van der Waals surface area (Å²) >= 11 is 0. The molecule has 0 saturated carbocycles. The van der Waals surface area contributed by atoms with Gasteiger partial charge in [0, 0.05) is 37.1 Å². The lowest BCUT2D eigenvalue weighted by atomic mass is 10.1. The fourth-order valence-corrected chi connectivity index (χ4v) is 2.63. The van der Waals surface area contributed by atoms with E-state index >= 15 is 0 Å². The maximum atomic E-state index is 12.1. The molecule has 0 aliphatic rings. The molecule has 1 N–H and O–H groups in total. The zero-order valence-corrected chi connectivity index (χ0v) is 14.0. The van der Waals surface area contributed by atoms with Gasteiger partial charge in [-0.1, -0.05) is 42.5 Å². The predicted molar refractivity (Wildman–Crippen MR) is 96.4 cm³/mol. The molecule has 0 aliphatic heterocycles. The van der Waals surface area contributed by atoms with E-state index in [4.69, 9.17) is 0 Å². The lowest BCUT2D eigenvalue weighted by Crippen LogP contribution is -2.24. The normalized spacial score (nSPS) is 10.5. The highest BCUT2D eigenvalue weighted by Crippen LogP contribution is 2.18. The maximum Gasteiger partial charge on any atom is 0.273 e. The summed E-state index contributed by atoms with van der Waals surface area (Å²) in [5.74, 6) is -0.248. The Kier molecular flexibility index (Phi) is 5.38. The minimum atomic E-state index is -0.471. The van der Waals surface area contributed by atoms with Crippen molar-refractivity contribution >= 4 is 11.6 Å². The van der Waals surface area contributed by atoms with E-state index in [0.717, 1.165) is 17.7 Å². The molecule has 26 heavy (non-hydrogen) atoms. The van der Waals surface area contributed by atoms with E-state index in [1.165, 1.54) is 6.07 Å². The average Bonchev–Trinajstić information content (AvgIpc) is 3.14. The van der Waals surface area contributed by atoms with Gasteiger partial charge in [-0.3, -0.25) is 14.9 Å². The van der Waals surface area contributed by atoms with Crippen molar-refractivity contribution < 1.29 is 9.72 Å². The second kappa shape index (κ2) is 8.06. The van der Waals surface area contributed by atoms with E-state index in [-0.39, 0.29) is 18.0 Å². The number of para-hydroxylation sites is 1. The van der Waals surface area contributed by atoms with Crippen LogP contribution in [0.1, 0.15) is 16.7 Å². The first-order valence-corrected chi connectivity index (χ1v) is 8.14. The van der Waals surface area contributed by atoms with Gasteiger partial charge in [-0.15, -0.1) is 0 Å². The Morgan fingerprint density at radius 1 is 1.12 bits per heavy atom. The lowest BCUT2D eigenvalue weighted by Gasteiger charge is -2.07. The van der Waals surface area contributed by atoms with Gasteiger partial charge in [0.05, 0.1) is 17.7 Å². The highest BCUT2D eigenvalue weighted by atomic mass is 16.6. The summed E-state index contributed by atoms with van der Waals surface area (Å²) in [5, 5.41) is 13.8. The van der Waals surface area contributed by atoms with E-state index in [0.29, 0.717) is 12.1 Å². The average molecular weight is 350 g/mol. The van der Waals surface area contributed by atoms with Crippen LogP contribution in [-0.2, 0) is 24.3 Å². The van der Waals surface area contributed by atoms with Crippen molar-refractivity contribution in [1.29, 1.82) is 0 Å². The summed E-state index contributed by atoms with van der Waals surface area (Å²) in [6.45, 7) is 1.12. The van der Waals surface area contributed by atoms with Crippen LogP contribution in [0.4, 0.5) is 5.69 Å². The first-order valence-electron chi connectivity index (χ1n) is 8.14. The van der Waals surface area contributed by atoms with Gasteiger partial charge < -0.3 is 9.88 Å². The van der Waals surface area contributed by atoms with E-state index in [2.05, 4.69) is 10.3 Å². The van der Waals surface area contributed by atoms with Crippen LogP contribution >= 0.6 is 0 Å². The van der Waals surface area contributed by atoms with Crippen LogP contribution in [0.2, 0.25) is 0 Å². The Balaban J connectivity index is 1.54. The molecule has 2 aromatic carbocycles. The first kappa shape index (κ1) is 17.3. The van der Waals surface area contributed by atoms with Gasteiger partial charge in [0.25, 0.3) is 5.69 Å². The number of benzene rings is 2. The topological polar surface area (TPSA) is 90.1 Å². The van der Waals surface area contributed by atoms with Crippen molar-refractivity contribution in [2.45, 2.75) is 19.5 Å². The van der Waals surface area contributed by atoms with Crippen LogP contribution in [0.5, 0.6) is 0 Å². The second-order valence-electron chi connectivity index (χ2n) is 5.89. The molecule has 3 aromatic rings. The highest BCUT2D eigenvalue weighted by Gasteiger charge is 2.15. The molecule has 0 spiro atoms. The third kappa shape index (κ3) is 4.54. The molecule has 0 fully saturated rings. The van der Waals surface area contributed by atoms with Gasteiger partial charge in [-0.25, -0.2) is 4.98 Å². The van der Waals surface area contributed by atoms with Crippen LogP contribution in [0.15, 0.2) is 67.3 Å².